The molecule has 1 aliphatic rings. The first-order valence-electron chi connectivity index (χ1n) is 7.33. The number of hydrogen-bond donors (Lipinski definition) is 1. The molecule has 0 spiro atoms. The average Bonchev–Trinajstić information content (AvgIpc) is 2.53. The fraction of sp³-hybridized carbons (Fsp3) is 0.278. The van der Waals surface area contributed by atoms with E-state index >= 15 is 0 Å². The molecule has 0 radical (unpaired) electrons. The van der Waals surface area contributed by atoms with Crippen LogP contribution in [0.15, 0.2) is 47.6 Å². The van der Waals surface area contributed by atoms with E-state index in [-0.39, 0.29) is 0 Å². The second kappa shape index (κ2) is 6.00. The van der Waals surface area contributed by atoms with Crippen molar-refractivity contribution in [1.29, 1.82) is 0 Å². The van der Waals surface area contributed by atoms with Crippen molar-refractivity contribution in [2.75, 3.05) is 12.5 Å². The van der Waals surface area contributed by atoms with Gasteiger partial charge in [0.25, 0.3) is 0 Å². The van der Waals surface area contributed by atoms with Crippen molar-refractivity contribution in [2.45, 2.75) is 26.2 Å². The Hall–Kier alpha value is -2.29. The van der Waals surface area contributed by atoms with Gasteiger partial charge in [0.05, 0.1) is 18.5 Å². The summed E-state index contributed by atoms with van der Waals surface area (Å²) in [4.78, 5) is 0. The standard InChI is InChI=1S/C18H20N2O/c1-13-6-8-15(9-7-13)19-20-18-5-3-4-14-12-16(21-2)10-11-17(14)18/h6-12,19H,3-5H2,1-2H3/b20-18+. The summed E-state index contributed by atoms with van der Waals surface area (Å²) in [5, 5.41) is 4.61. The Labute approximate surface area is 125 Å². The van der Waals surface area contributed by atoms with Crippen LogP contribution >= 0.6 is 0 Å². The van der Waals surface area contributed by atoms with Gasteiger partial charge in [-0.3, -0.25) is 5.43 Å². The van der Waals surface area contributed by atoms with E-state index in [1.165, 1.54) is 16.7 Å². The molecular weight excluding hydrogens is 260 g/mol. The van der Waals surface area contributed by atoms with E-state index < -0.39 is 0 Å². The molecule has 0 atom stereocenters. The van der Waals surface area contributed by atoms with Crippen molar-refractivity contribution < 1.29 is 4.74 Å². The third kappa shape index (κ3) is 3.07. The molecule has 108 valence electrons. The van der Waals surface area contributed by atoms with Crippen LogP contribution in [0.3, 0.4) is 0 Å². The zero-order chi connectivity index (χ0) is 14.7. The van der Waals surface area contributed by atoms with E-state index in [9.17, 15) is 0 Å². The lowest BCUT2D eigenvalue weighted by Gasteiger charge is -2.18. The first-order chi connectivity index (χ1) is 10.3. The maximum absolute atomic E-state index is 5.30. The van der Waals surface area contributed by atoms with Crippen LogP contribution in [0.2, 0.25) is 0 Å². The molecule has 0 saturated carbocycles. The molecule has 2 aromatic carbocycles. The number of ether oxygens (including phenoxy) is 1. The highest BCUT2D eigenvalue weighted by Gasteiger charge is 2.16. The Morgan fingerprint density at radius 1 is 1.05 bits per heavy atom. The van der Waals surface area contributed by atoms with Crippen molar-refractivity contribution in [2.24, 2.45) is 5.10 Å². The number of methoxy groups -OCH3 is 1. The molecule has 0 amide bonds. The SMILES string of the molecule is COc1ccc2c(c1)CCC/C2=N\Nc1ccc(C)cc1. The summed E-state index contributed by atoms with van der Waals surface area (Å²) in [6, 6.07) is 14.5. The fourth-order valence-corrected chi connectivity index (χ4v) is 2.64. The number of hydrazone groups is 1. The first-order valence-corrected chi connectivity index (χ1v) is 7.33. The maximum atomic E-state index is 5.30. The molecule has 1 aliphatic carbocycles. The highest BCUT2D eigenvalue weighted by Crippen LogP contribution is 2.26. The summed E-state index contributed by atoms with van der Waals surface area (Å²) in [7, 11) is 1.71. The number of rotatable bonds is 3. The number of fused-ring (bicyclic) bond motifs is 1. The van der Waals surface area contributed by atoms with Gasteiger partial charge in [-0.25, -0.2) is 0 Å². The molecule has 0 aromatic heterocycles. The van der Waals surface area contributed by atoms with Gasteiger partial charge in [0.1, 0.15) is 5.75 Å². The summed E-state index contributed by atoms with van der Waals surface area (Å²) in [5.74, 6) is 0.918. The number of hydrogen-bond acceptors (Lipinski definition) is 3. The lowest BCUT2D eigenvalue weighted by Crippen LogP contribution is -2.13. The van der Waals surface area contributed by atoms with Crippen LogP contribution in [0.25, 0.3) is 0 Å². The highest BCUT2D eigenvalue weighted by molar-refractivity contribution is 6.03. The molecule has 0 bridgehead atoms. The molecule has 0 fully saturated rings. The van der Waals surface area contributed by atoms with Gasteiger partial charge in [-0.15, -0.1) is 0 Å². The molecule has 1 N–H and O–H groups in total. The van der Waals surface area contributed by atoms with Gasteiger partial charge in [-0.1, -0.05) is 17.7 Å². The summed E-state index contributed by atoms with van der Waals surface area (Å²) in [5.41, 5.74) is 9.13. The van der Waals surface area contributed by atoms with E-state index in [4.69, 9.17) is 4.74 Å². The minimum Gasteiger partial charge on any atom is -0.497 e. The molecule has 0 unspecified atom stereocenters. The van der Waals surface area contributed by atoms with E-state index in [1.807, 2.05) is 6.07 Å². The van der Waals surface area contributed by atoms with Crippen LogP contribution in [0.5, 0.6) is 5.75 Å². The van der Waals surface area contributed by atoms with Crippen LogP contribution in [-0.2, 0) is 6.42 Å². The van der Waals surface area contributed by atoms with Gasteiger partial charge in [0.2, 0.25) is 0 Å². The van der Waals surface area contributed by atoms with Gasteiger partial charge in [0, 0.05) is 5.56 Å². The molecule has 0 saturated heterocycles. The van der Waals surface area contributed by atoms with Crippen molar-refractivity contribution in [3.05, 3.63) is 59.2 Å². The van der Waals surface area contributed by atoms with Crippen LogP contribution < -0.4 is 10.2 Å². The molecule has 3 nitrogen and oxygen atoms in total. The molecule has 3 heteroatoms. The lowest BCUT2D eigenvalue weighted by molar-refractivity contribution is 0.414. The number of nitrogens with one attached hydrogen (secondary N) is 1. The predicted octanol–water partition coefficient (Wildman–Crippen LogP) is 4.16. The number of anilines is 1. The van der Waals surface area contributed by atoms with Crippen molar-refractivity contribution in [1.82, 2.24) is 0 Å². The number of aryl methyl sites for hydroxylation is 2. The molecular formula is C18H20N2O. The summed E-state index contributed by atoms with van der Waals surface area (Å²) < 4.78 is 5.30. The van der Waals surface area contributed by atoms with Crippen molar-refractivity contribution in [3.8, 4) is 5.75 Å². The fourth-order valence-electron chi connectivity index (χ4n) is 2.64. The van der Waals surface area contributed by atoms with Crippen LogP contribution in [0.4, 0.5) is 5.69 Å². The average molecular weight is 280 g/mol. The van der Waals surface area contributed by atoms with Gasteiger partial charge < -0.3 is 4.74 Å². The summed E-state index contributed by atoms with van der Waals surface area (Å²) >= 11 is 0. The molecule has 21 heavy (non-hydrogen) atoms. The zero-order valence-electron chi connectivity index (χ0n) is 12.5. The molecule has 2 aromatic rings. The summed E-state index contributed by atoms with van der Waals surface area (Å²) in [6.45, 7) is 2.08. The second-order valence-electron chi connectivity index (χ2n) is 5.41. The third-order valence-corrected chi connectivity index (χ3v) is 3.85. The smallest absolute Gasteiger partial charge is 0.119 e. The predicted molar refractivity (Wildman–Crippen MR) is 87.3 cm³/mol. The van der Waals surface area contributed by atoms with Crippen LogP contribution in [0, 0.1) is 6.92 Å². The van der Waals surface area contributed by atoms with Gasteiger partial charge >= 0.3 is 0 Å². The Morgan fingerprint density at radius 3 is 2.62 bits per heavy atom. The maximum Gasteiger partial charge on any atom is 0.119 e. The van der Waals surface area contributed by atoms with Crippen LogP contribution in [-0.4, -0.2) is 12.8 Å². The Morgan fingerprint density at radius 2 is 1.86 bits per heavy atom. The topological polar surface area (TPSA) is 33.6 Å². The van der Waals surface area contributed by atoms with E-state index in [0.29, 0.717) is 0 Å². The quantitative estimate of drug-likeness (QED) is 0.857. The number of benzene rings is 2. The third-order valence-electron chi connectivity index (χ3n) is 3.85. The molecule has 0 heterocycles. The highest BCUT2D eigenvalue weighted by atomic mass is 16.5. The zero-order valence-corrected chi connectivity index (χ0v) is 12.5. The lowest BCUT2D eigenvalue weighted by atomic mass is 9.90. The summed E-state index contributed by atoms with van der Waals surface area (Å²) in [6.07, 6.45) is 3.24. The van der Waals surface area contributed by atoms with Crippen LogP contribution in [0.1, 0.15) is 29.5 Å². The van der Waals surface area contributed by atoms with Crippen molar-refractivity contribution in [3.63, 3.8) is 0 Å². The minimum absolute atomic E-state index is 0.918. The molecule has 3 rings (SSSR count). The Balaban J connectivity index is 1.84. The van der Waals surface area contributed by atoms with Gasteiger partial charge in [-0.05, 0) is 62.1 Å². The largest absolute Gasteiger partial charge is 0.497 e. The van der Waals surface area contributed by atoms with E-state index in [0.717, 1.165) is 36.4 Å². The normalized spacial score (nSPS) is 15.6. The van der Waals surface area contributed by atoms with Gasteiger partial charge in [-0.2, -0.15) is 5.10 Å². The Bertz CT molecular complexity index is 659. The second-order valence-corrected chi connectivity index (χ2v) is 5.41. The Kier molecular flexibility index (Phi) is 3.91. The number of nitrogens with zero attached hydrogens (tertiary/aromatic N) is 1. The monoisotopic (exact) mass is 280 g/mol. The van der Waals surface area contributed by atoms with Crippen molar-refractivity contribution >= 4 is 11.4 Å². The first kappa shape index (κ1) is 13.7. The van der Waals surface area contributed by atoms with Gasteiger partial charge in [0.15, 0.2) is 0 Å². The molecule has 0 aliphatic heterocycles. The minimum atomic E-state index is 0.918. The van der Waals surface area contributed by atoms with E-state index in [1.54, 1.807) is 7.11 Å². The van der Waals surface area contributed by atoms with E-state index in [2.05, 4.69) is 53.8 Å².